The maximum absolute atomic E-state index is 5.39. The summed E-state index contributed by atoms with van der Waals surface area (Å²) in [5, 5.41) is 4.74. The van der Waals surface area contributed by atoms with E-state index in [0.717, 1.165) is 18.8 Å². The molecule has 0 spiro atoms. The van der Waals surface area contributed by atoms with Crippen molar-refractivity contribution < 1.29 is 4.74 Å². The second-order valence-corrected chi connectivity index (χ2v) is 5.39. The molecule has 0 fully saturated rings. The molecule has 0 saturated carbocycles. The van der Waals surface area contributed by atoms with Crippen LogP contribution >= 0.6 is 0 Å². The number of rotatable bonds is 6. The van der Waals surface area contributed by atoms with Crippen LogP contribution in [0.15, 0.2) is 30.5 Å². The average molecular weight is 260 g/mol. The van der Waals surface area contributed by atoms with E-state index >= 15 is 0 Å². The number of nitrogens with one attached hydrogen (secondary N) is 1. The zero-order valence-corrected chi connectivity index (χ0v) is 12.3. The summed E-state index contributed by atoms with van der Waals surface area (Å²) >= 11 is 0. The van der Waals surface area contributed by atoms with E-state index in [2.05, 4.69) is 49.0 Å². The lowest BCUT2D eigenvalue weighted by Crippen LogP contribution is -2.33. The van der Waals surface area contributed by atoms with E-state index in [-0.39, 0.29) is 0 Å². The first kappa shape index (κ1) is 13.9. The van der Waals surface area contributed by atoms with Gasteiger partial charge >= 0.3 is 0 Å². The number of hydrogen-bond donors (Lipinski definition) is 1. The van der Waals surface area contributed by atoms with Crippen LogP contribution in [0, 0.1) is 5.92 Å². The molecule has 1 unspecified atom stereocenters. The van der Waals surface area contributed by atoms with Crippen molar-refractivity contribution in [3.05, 3.63) is 30.5 Å². The number of benzene rings is 1. The Morgan fingerprint density at radius 1 is 1.21 bits per heavy atom. The molecular formula is C16H24N2O. The second-order valence-electron chi connectivity index (χ2n) is 5.39. The number of aromatic nitrogens is 1. The summed E-state index contributed by atoms with van der Waals surface area (Å²) in [6.07, 6.45) is 2.13. The largest absolute Gasteiger partial charge is 0.496 e. The Labute approximate surface area is 115 Å². The van der Waals surface area contributed by atoms with Gasteiger partial charge in [-0.3, -0.25) is 0 Å². The molecule has 0 aliphatic carbocycles. The Kier molecular flexibility index (Phi) is 4.48. The zero-order chi connectivity index (χ0) is 13.8. The molecule has 0 amide bonds. The molecule has 2 rings (SSSR count). The van der Waals surface area contributed by atoms with Crippen molar-refractivity contribution in [2.45, 2.75) is 33.4 Å². The highest BCUT2D eigenvalue weighted by Crippen LogP contribution is 2.25. The molecular weight excluding hydrogens is 236 g/mol. The van der Waals surface area contributed by atoms with Crippen LogP contribution in [-0.2, 0) is 6.54 Å². The third kappa shape index (κ3) is 3.10. The van der Waals surface area contributed by atoms with E-state index in [1.165, 1.54) is 10.9 Å². The third-order valence-electron chi connectivity index (χ3n) is 3.81. The van der Waals surface area contributed by atoms with Crippen molar-refractivity contribution >= 4 is 10.9 Å². The van der Waals surface area contributed by atoms with Gasteiger partial charge < -0.3 is 14.6 Å². The maximum Gasteiger partial charge on any atom is 0.128 e. The molecule has 3 heteroatoms. The first-order valence-electron chi connectivity index (χ1n) is 6.98. The minimum Gasteiger partial charge on any atom is -0.496 e. The predicted molar refractivity (Wildman–Crippen MR) is 80.8 cm³/mol. The number of nitrogens with zero attached hydrogens (tertiary/aromatic N) is 1. The summed E-state index contributed by atoms with van der Waals surface area (Å²) in [6.45, 7) is 8.69. The number of methoxy groups -OCH3 is 1. The first-order chi connectivity index (χ1) is 9.13. The summed E-state index contributed by atoms with van der Waals surface area (Å²) < 4.78 is 7.66. The van der Waals surface area contributed by atoms with E-state index < -0.39 is 0 Å². The molecule has 0 aliphatic heterocycles. The van der Waals surface area contributed by atoms with Crippen molar-refractivity contribution in [3.8, 4) is 5.75 Å². The molecule has 1 N–H and O–H groups in total. The Bertz CT molecular complexity index is 531. The van der Waals surface area contributed by atoms with Crippen molar-refractivity contribution in [2.24, 2.45) is 5.92 Å². The smallest absolute Gasteiger partial charge is 0.128 e. The van der Waals surface area contributed by atoms with Crippen LogP contribution in [0.1, 0.15) is 20.8 Å². The quantitative estimate of drug-likeness (QED) is 0.862. The SMILES string of the molecule is COc1cccc2c1ccn2CCNC(C)C(C)C. The van der Waals surface area contributed by atoms with Gasteiger partial charge in [0.1, 0.15) is 5.75 Å². The molecule has 0 aliphatic rings. The van der Waals surface area contributed by atoms with Crippen LogP contribution in [0.4, 0.5) is 0 Å². The van der Waals surface area contributed by atoms with E-state index in [9.17, 15) is 0 Å². The van der Waals surface area contributed by atoms with Crippen LogP contribution in [0.3, 0.4) is 0 Å². The zero-order valence-electron chi connectivity index (χ0n) is 12.3. The van der Waals surface area contributed by atoms with Crippen molar-refractivity contribution in [1.82, 2.24) is 9.88 Å². The molecule has 0 radical (unpaired) electrons. The lowest BCUT2D eigenvalue weighted by molar-refractivity contribution is 0.417. The number of fused-ring (bicyclic) bond motifs is 1. The summed E-state index contributed by atoms with van der Waals surface area (Å²) in [4.78, 5) is 0. The Balaban J connectivity index is 2.06. The van der Waals surface area contributed by atoms with Crippen LogP contribution in [0.25, 0.3) is 10.9 Å². The monoisotopic (exact) mass is 260 g/mol. The van der Waals surface area contributed by atoms with E-state index in [1.54, 1.807) is 7.11 Å². The van der Waals surface area contributed by atoms with Gasteiger partial charge in [0, 0.05) is 30.7 Å². The summed E-state index contributed by atoms with van der Waals surface area (Å²) in [5.41, 5.74) is 1.23. The van der Waals surface area contributed by atoms with Gasteiger partial charge in [-0.2, -0.15) is 0 Å². The van der Waals surface area contributed by atoms with Crippen LogP contribution in [0.2, 0.25) is 0 Å². The van der Waals surface area contributed by atoms with Gasteiger partial charge in [0.25, 0.3) is 0 Å². The molecule has 19 heavy (non-hydrogen) atoms. The molecule has 1 heterocycles. The fourth-order valence-corrected chi connectivity index (χ4v) is 2.22. The number of ether oxygens (including phenoxy) is 1. The Morgan fingerprint density at radius 3 is 2.68 bits per heavy atom. The van der Waals surface area contributed by atoms with E-state index in [0.29, 0.717) is 12.0 Å². The van der Waals surface area contributed by atoms with Gasteiger partial charge in [-0.25, -0.2) is 0 Å². The minimum absolute atomic E-state index is 0.552. The Hall–Kier alpha value is -1.48. The fraction of sp³-hybridized carbons (Fsp3) is 0.500. The maximum atomic E-state index is 5.39. The standard InChI is InChI=1S/C16H24N2O/c1-12(2)13(3)17-9-11-18-10-8-14-15(18)6-5-7-16(14)19-4/h5-8,10,12-13,17H,9,11H2,1-4H3. The first-order valence-corrected chi connectivity index (χ1v) is 6.98. The predicted octanol–water partition coefficient (Wildman–Crippen LogP) is 3.28. The van der Waals surface area contributed by atoms with Gasteiger partial charge in [0.2, 0.25) is 0 Å². The van der Waals surface area contributed by atoms with Crippen LogP contribution < -0.4 is 10.1 Å². The van der Waals surface area contributed by atoms with E-state index in [4.69, 9.17) is 4.74 Å². The minimum atomic E-state index is 0.552. The van der Waals surface area contributed by atoms with E-state index in [1.807, 2.05) is 12.1 Å². The number of hydrogen-bond acceptors (Lipinski definition) is 2. The molecule has 104 valence electrons. The fourth-order valence-electron chi connectivity index (χ4n) is 2.22. The van der Waals surface area contributed by atoms with Crippen molar-refractivity contribution in [1.29, 1.82) is 0 Å². The highest BCUT2D eigenvalue weighted by molar-refractivity contribution is 5.86. The normalized spacial score (nSPS) is 13.1. The van der Waals surface area contributed by atoms with Gasteiger partial charge in [-0.05, 0) is 31.0 Å². The Morgan fingerprint density at radius 2 is 2.00 bits per heavy atom. The topological polar surface area (TPSA) is 26.2 Å². The molecule has 3 nitrogen and oxygen atoms in total. The van der Waals surface area contributed by atoms with Gasteiger partial charge in [0.05, 0.1) is 12.6 Å². The highest BCUT2D eigenvalue weighted by Gasteiger charge is 2.07. The average Bonchev–Trinajstić information content (AvgIpc) is 2.81. The lowest BCUT2D eigenvalue weighted by Gasteiger charge is -2.17. The molecule has 0 saturated heterocycles. The third-order valence-corrected chi connectivity index (χ3v) is 3.81. The van der Waals surface area contributed by atoms with Crippen LogP contribution in [-0.4, -0.2) is 24.3 Å². The van der Waals surface area contributed by atoms with Gasteiger partial charge in [0.15, 0.2) is 0 Å². The molecule has 2 aromatic rings. The summed E-state index contributed by atoms with van der Waals surface area (Å²) in [5.74, 6) is 1.61. The second kappa shape index (κ2) is 6.11. The summed E-state index contributed by atoms with van der Waals surface area (Å²) in [6, 6.07) is 8.87. The summed E-state index contributed by atoms with van der Waals surface area (Å²) in [7, 11) is 1.72. The van der Waals surface area contributed by atoms with Crippen LogP contribution in [0.5, 0.6) is 5.75 Å². The van der Waals surface area contributed by atoms with Gasteiger partial charge in [-0.15, -0.1) is 0 Å². The molecule has 1 atom stereocenters. The van der Waals surface area contributed by atoms with Crippen molar-refractivity contribution in [2.75, 3.05) is 13.7 Å². The highest BCUT2D eigenvalue weighted by atomic mass is 16.5. The molecule has 0 bridgehead atoms. The lowest BCUT2D eigenvalue weighted by atomic mass is 10.1. The molecule has 1 aromatic carbocycles. The van der Waals surface area contributed by atoms with Gasteiger partial charge in [-0.1, -0.05) is 19.9 Å². The molecule has 1 aromatic heterocycles. The van der Waals surface area contributed by atoms with Crippen molar-refractivity contribution in [3.63, 3.8) is 0 Å².